The molecular weight excluding hydrogens is 425 g/mol. The van der Waals surface area contributed by atoms with Crippen molar-refractivity contribution in [1.29, 1.82) is 0 Å². The summed E-state index contributed by atoms with van der Waals surface area (Å²) < 4.78 is 26.2. The largest absolute Gasteiger partial charge is 0.399 e. The number of ether oxygens (including phenoxy) is 2. The first kappa shape index (κ1) is 22.5. The highest BCUT2D eigenvalue weighted by atomic mass is 79.9. The van der Waals surface area contributed by atoms with Crippen LogP contribution in [0, 0.1) is 13.8 Å². The summed E-state index contributed by atoms with van der Waals surface area (Å²) in [6.07, 6.45) is -1.09. The summed E-state index contributed by atoms with van der Waals surface area (Å²) in [4.78, 5) is 4.25. The van der Waals surface area contributed by atoms with Crippen molar-refractivity contribution in [2.75, 3.05) is 13.7 Å². The second kappa shape index (κ2) is 11.9. The quantitative estimate of drug-likeness (QED) is 0.269. The van der Waals surface area contributed by atoms with Crippen LogP contribution in [0.4, 0.5) is 4.39 Å². The molecule has 0 N–H and O–H groups in total. The molecule has 0 spiro atoms. The maximum atomic E-state index is 14.6. The number of nitrogens with zero attached hydrogens (tertiary/aromatic N) is 1. The Morgan fingerprint density at radius 2 is 1.50 bits per heavy atom. The van der Waals surface area contributed by atoms with E-state index in [1.54, 1.807) is 0 Å². The van der Waals surface area contributed by atoms with Crippen LogP contribution in [0.25, 0.3) is 0 Å². The molecule has 0 aliphatic heterocycles. The molecule has 0 radical (unpaired) electrons. The smallest absolute Gasteiger partial charge is 0.166 e. The Hall–Kier alpha value is -1.76. The lowest BCUT2D eigenvalue weighted by Crippen LogP contribution is -2.37. The van der Waals surface area contributed by atoms with E-state index in [9.17, 15) is 4.39 Å². The third-order valence-corrected chi connectivity index (χ3v) is 4.99. The second-order valence-electron chi connectivity index (χ2n) is 6.66. The maximum absolute atomic E-state index is 14.6. The summed E-state index contributed by atoms with van der Waals surface area (Å²) in [6, 6.07) is 16.1. The molecular formula is C22H27BrFNO3. The molecule has 0 aliphatic rings. The zero-order valence-corrected chi connectivity index (χ0v) is 18.1. The van der Waals surface area contributed by atoms with Gasteiger partial charge in [-0.3, -0.25) is 0 Å². The summed E-state index contributed by atoms with van der Waals surface area (Å²) >= 11 is 3.51. The Morgan fingerprint density at radius 3 is 2.04 bits per heavy atom. The van der Waals surface area contributed by atoms with Gasteiger partial charge in [0, 0.05) is 0 Å². The van der Waals surface area contributed by atoms with Crippen LogP contribution in [0.2, 0.25) is 0 Å². The van der Waals surface area contributed by atoms with Gasteiger partial charge in [0.05, 0.1) is 30.9 Å². The highest BCUT2D eigenvalue weighted by Crippen LogP contribution is 2.19. The Balaban J connectivity index is 1.93. The fourth-order valence-corrected chi connectivity index (χ4v) is 3.18. The molecule has 0 aromatic heterocycles. The zero-order chi connectivity index (χ0) is 20.4. The number of rotatable bonds is 11. The number of aryl methyl sites for hydroxylation is 2. The zero-order valence-electron chi connectivity index (χ0n) is 16.5. The van der Waals surface area contributed by atoms with Crippen LogP contribution in [0.3, 0.4) is 0 Å². The van der Waals surface area contributed by atoms with Crippen LogP contribution < -0.4 is 0 Å². The molecule has 0 bridgehead atoms. The van der Waals surface area contributed by atoms with Gasteiger partial charge in [0.25, 0.3) is 0 Å². The van der Waals surface area contributed by atoms with Gasteiger partial charge in [-0.25, -0.2) is 4.39 Å². The number of hydrogen-bond acceptors (Lipinski definition) is 4. The monoisotopic (exact) mass is 451 g/mol. The number of benzene rings is 2. The molecule has 152 valence electrons. The van der Waals surface area contributed by atoms with Crippen LogP contribution >= 0.6 is 15.9 Å². The van der Waals surface area contributed by atoms with E-state index in [0.29, 0.717) is 19.8 Å². The lowest BCUT2D eigenvalue weighted by atomic mass is 10.1. The molecule has 0 saturated carbocycles. The van der Waals surface area contributed by atoms with E-state index < -0.39 is 12.3 Å². The highest BCUT2D eigenvalue weighted by molar-refractivity contribution is 9.09. The van der Waals surface area contributed by atoms with Gasteiger partial charge in [-0.05, 0) is 25.0 Å². The standard InChI is InChI=1S/C22H27BrFNO3/c1-16-4-8-18(9-5-16)13-27-15-20(23)22(21(24)12-25-26-3)28-14-19-10-6-17(2)7-11-19/h4-12,20-22H,13-15H2,1-3H3/t20-,21-,22+/m0/s1. The van der Waals surface area contributed by atoms with Crippen molar-refractivity contribution in [2.45, 2.75) is 44.2 Å². The molecule has 0 saturated heterocycles. The molecule has 0 amide bonds. The summed E-state index contributed by atoms with van der Waals surface area (Å²) in [5, 5.41) is 3.54. The summed E-state index contributed by atoms with van der Waals surface area (Å²) in [7, 11) is 1.38. The molecule has 0 heterocycles. The first-order valence-electron chi connectivity index (χ1n) is 9.15. The van der Waals surface area contributed by atoms with Crippen LogP contribution in [-0.4, -0.2) is 37.0 Å². The second-order valence-corrected chi connectivity index (χ2v) is 7.84. The van der Waals surface area contributed by atoms with Gasteiger partial charge in [0.15, 0.2) is 6.17 Å². The fourth-order valence-electron chi connectivity index (χ4n) is 2.54. The predicted molar refractivity (Wildman–Crippen MR) is 114 cm³/mol. The number of halogens is 2. The Morgan fingerprint density at radius 1 is 0.964 bits per heavy atom. The summed E-state index contributed by atoms with van der Waals surface area (Å²) in [6.45, 7) is 5.11. The van der Waals surface area contributed by atoms with Crippen molar-refractivity contribution < 1.29 is 18.7 Å². The van der Waals surface area contributed by atoms with Crippen molar-refractivity contribution in [3.05, 3.63) is 70.8 Å². The minimum absolute atomic E-state index is 0.298. The molecule has 2 aromatic carbocycles. The Bertz CT molecular complexity index is 722. The summed E-state index contributed by atoms with van der Waals surface area (Å²) in [5.41, 5.74) is 4.41. The Kier molecular flexibility index (Phi) is 9.61. The van der Waals surface area contributed by atoms with Gasteiger partial charge in [-0.1, -0.05) is 80.7 Å². The van der Waals surface area contributed by atoms with Crippen molar-refractivity contribution in [2.24, 2.45) is 5.16 Å². The molecule has 0 fully saturated rings. The topological polar surface area (TPSA) is 40.0 Å². The SMILES string of the molecule is CON=C[C@H](F)[C@H](OCc1ccc(C)cc1)[C@@H](Br)COCc1ccc(C)cc1. The van der Waals surface area contributed by atoms with Crippen molar-refractivity contribution >= 4 is 22.1 Å². The third kappa shape index (κ3) is 7.70. The van der Waals surface area contributed by atoms with E-state index >= 15 is 0 Å². The molecule has 2 rings (SSSR count). The molecule has 28 heavy (non-hydrogen) atoms. The van der Waals surface area contributed by atoms with Gasteiger partial charge in [-0.15, -0.1) is 0 Å². The minimum Gasteiger partial charge on any atom is -0.399 e. The van der Waals surface area contributed by atoms with Crippen LogP contribution in [0.5, 0.6) is 0 Å². The van der Waals surface area contributed by atoms with Gasteiger partial charge >= 0.3 is 0 Å². The molecule has 2 aromatic rings. The molecule has 6 heteroatoms. The van der Waals surface area contributed by atoms with Crippen LogP contribution in [0.15, 0.2) is 53.7 Å². The van der Waals surface area contributed by atoms with E-state index in [1.807, 2.05) is 62.4 Å². The number of alkyl halides is 2. The maximum Gasteiger partial charge on any atom is 0.166 e. The lowest BCUT2D eigenvalue weighted by molar-refractivity contribution is -0.0104. The average Bonchev–Trinajstić information content (AvgIpc) is 2.69. The fraction of sp³-hybridized carbons (Fsp3) is 0.409. The Labute approximate surface area is 174 Å². The third-order valence-electron chi connectivity index (χ3n) is 4.21. The van der Waals surface area contributed by atoms with Gasteiger partial charge in [-0.2, -0.15) is 0 Å². The number of hydrogen-bond donors (Lipinski definition) is 0. The summed E-state index contributed by atoms with van der Waals surface area (Å²) in [5.74, 6) is 0. The van der Waals surface area contributed by atoms with Gasteiger partial charge < -0.3 is 14.3 Å². The normalized spacial score (nSPS) is 14.8. The molecule has 0 aliphatic carbocycles. The first-order chi connectivity index (χ1) is 13.5. The van der Waals surface area contributed by atoms with E-state index in [0.717, 1.165) is 17.3 Å². The van der Waals surface area contributed by atoms with E-state index in [2.05, 4.69) is 25.9 Å². The van der Waals surface area contributed by atoms with Crippen molar-refractivity contribution in [1.82, 2.24) is 0 Å². The first-order valence-corrected chi connectivity index (χ1v) is 10.1. The van der Waals surface area contributed by atoms with Crippen LogP contribution in [0.1, 0.15) is 22.3 Å². The predicted octanol–water partition coefficient (Wildman–Crippen LogP) is 5.14. The van der Waals surface area contributed by atoms with Crippen LogP contribution in [-0.2, 0) is 27.5 Å². The van der Waals surface area contributed by atoms with Gasteiger partial charge in [0.1, 0.15) is 13.2 Å². The van der Waals surface area contributed by atoms with E-state index in [1.165, 1.54) is 18.2 Å². The highest BCUT2D eigenvalue weighted by Gasteiger charge is 2.28. The minimum atomic E-state index is -1.43. The van der Waals surface area contributed by atoms with Crippen molar-refractivity contribution in [3.8, 4) is 0 Å². The molecule has 3 atom stereocenters. The van der Waals surface area contributed by atoms with Gasteiger partial charge in [0.2, 0.25) is 0 Å². The van der Waals surface area contributed by atoms with E-state index in [4.69, 9.17) is 9.47 Å². The lowest BCUT2D eigenvalue weighted by Gasteiger charge is -2.24. The molecule has 4 nitrogen and oxygen atoms in total. The van der Waals surface area contributed by atoms with Crippen molar-refractivity contribution in [3.63, 3.8) is 0 Å². The molecule has 0 unspecified atom stereocenters. The number of oxime groups is 1. The van der Waals surface area contributed by atoms with E-state index in [-0.39, 0.29) is 4.83 Å². The average molecular weight is 452 g/mol.